The molecule has 188 valence electrons. The van der Waals surface area contributed by atoms with E-state index in [1.165, 1.54) is 35.2 Å². The fourth-order valence-corrected chi connectivity index (χ4v) is 3.93. The average molecular weight is 527 g/mol. The van der Waals surface area contributed by atoms with Crippen LogP contribution in [0, 0.1) is 5.82 Å². The smallest absolute Gasteiger partial charge is 0.282 e. The van der Waals surface area contributed by atoms with Gasteiger partial charge in [-0.15, -0.1) is 0 Å². The summed E-state index contributed by atoms with van der Waals surface area (Å²) in [5.41, 5.74) is 1.82. The summed E-state index contributed by atoms with van der Waals surface area (Å²) in [4.78, 5) is 30.4. The first-order valence-corrected chi connectivity index (χ1v) is 11.9. The minimum atomic E-state index is -0.434. The van der Waals surface area contributed by atoms with Crippen LogP contribution in [0.2, 0.25) is 5.02 Å². The van der Waals surface area contributed by atoms with E-state index >= 15 is 0 Å². The van der Waals surface area contributed by atoms with E-state index in [0.29, 0.717) is 44.3 Å². The first-order valence-electron chi connectivity index (χ1n) is 11.6. The number of amides is 1. The average Bonchev–Trinajstić information content (AvgIpc) is 2.93. The molecule has 5 rings (SSSR count). The van der Waals surface area contributed by atoms with Gasteiger partial charge >= 0.3 is 0 Å². The van der Waals surface area contributed by atoms with Crippen molar-refractivity contribution in [1.82, 2.24) is 9.66 Å². The van der Waals surface area contributed by atoms with Crippen LogP contribution in [0.3, 0.4) is 0 Å². The van der Waals surface area contributed by atoms with E-state index in [1.807, 2.05) is 36.4 Å². The van der Waals surface area contributed by atoms with Gasteiger partial charge in [-0.25, -0.2) is 9.37 Å². The number of para-hydroxylation sites is 1. The Morgan fingerprint density at radius 1 is 1.00 bits per heavy atom. The van der Waals surface area contributed by atoms with Crippen molar-refractivity contribution in [2.45, 2.75) is 0 Å². The summed E-state index contributed by atoms with van der Waals surface area (Å²) in [6.07, 6.45) is 1.43. The zero-order chi connectivity index (χ0) is 26.5. The Balaban J connectivity index is 1.45. The number of nitrogens with one attached hydrogen (secondary N) is 1. The predicted molar refractivity (Wildman–Crippen MR) is 146 cm³/mol. The molecule has 0 radical (unpaired) electrons. The molecule has 0 atom stereocenters. The first-order chi connectivity index (χ1) is 18.5. The van der Waals surface area contributed by atoms with Crippen LogP contribution in [0.4, 0.5) is 10.1 Å². The van der Waals surface area contributed by atoms with Gasteiger partial charge in [0.15, 0.2) is 12.4 Å². The molecule has 1 heterocycles. The van der Waals surface area contributed by atoms with Crippen LogP contribution in [-0.2, 0) is 4.79 Å². The Hall–Kier alpha value is -4.82. The molecule has 4 aromatic carbocycles. The molecule has 0 bridgehead atoms. The number of ether oxygens (including phenoxy) is 1. The van der Waals surface area contributed by atoms with Gasteiger partial charge in [-0.05, 0) is 54.6 Å². The number of hydrogen-bond acceptors (Lipinski definition) is 5. The Morgan fingerprint density at radius 2 is 1.74 bits per heavy atom. The van der Waals surface area contributed by atoms with Gasteiger partial charge < -0.3 is 10.1 Å². The molecule has 1 amide bonds. The highest BCUT2D eigenvalue weighted by Crippen LogP contribution is 2.23. The molecule has 0 aliphatic carbocycles. The summed E-state index contributed by atoms with van der Waals surface area (Å²) in [5, 5.41) is 7.92. The monoisotopic (exact) mass is 526 g/mol. The lowest BCUT2D eigenvalue weighted by molar-refractivity contribution is -0.118. The maximum absolute atomic E-state index is 13.4. The van der Waals surface area contributed by atoms with Gasteiger partial charge in [0.2, 0.25) is 0 Å². The molecular weight excluding hydrogens is 507 g/mol. The van der Waals surface area contributed by atoms with Crippen LogP contribution in [0.15, 0.2) is 107 Å². The van der Waals surface area contributed by atoms with Crippen LogP contribution in [0.1, 0.15) is 5.56 Å². The Morgan fingerprint density at radius 3 is 2.53 bits per heavy atom. The molecule has 7 nitrogen and oxygen atoms in total. The Labute approximate surface area is 221 Å². The van der Waals surface area contributed by atoms with Gasteiger partial charge in [0.05, 0.1) is 17.1 Å². The molecule has 0 fully saturated rings. The molecular formula is C29H20ClFN4O3. The Kier molecular flexibility index (Phi) is 7.24. The summed E-state index contributed by atoms with van der Waals surface area (Å²) >= 11 is 6.21. The number of carbonyl (C=O) groups excluding carboxylic acids is 1. The molecule has 0 spiro atoms. The standard InChI is InChI=1S/C29H20ClFN4O3/c30-21-10-15-26(38-18-27(36)33-23-13-11-22(31)12-14-23)20(16-21)17-32-35-28(19-6-2-1-3-7-19)34-25-9-5-4-8-24(25)29(35)37/h1-17H,18H2,(H,33,36). The first kappa shape index (κ1) is 24.9. The molecule has 0 aliphatic heterocycles. The van der Waals surface area contributed by atoms with Gasteiger partial charge in [0, 0.05) is 21.8 Å². The van der Waals surface area contributed by atoms with Gasteiger partial charge in [0.1, 0.15) is 11.6 Å². The third-order valence-electron chi connectivity index (χ3n) is 5.56. The predicted octanol–water partition coefficient (Wildman–Crippen LogP) is 5.76. The largest absolute Gasteiger partial charge is 0.483 e. The van der Waals surface area contributed by atoms with Crippen LogP contribution < -0.4 is 15.6 Å². The zero-order valence-corrected chi connectivity index (χ0v) is 20.6. The van der Waals surface area contributed by atoms with Gasteiger partial charge in [0.25, 0.3) is 11.5 Å². The fourth-order valence-electron chi connectivity index (χ4n) is 3.75. The van der Waals surface area contributed by atoms with Crippen molar-refractivity contribution < 1.29 is 13.9 Å². The zero-order valence-electron chi connectivity index (χ0n) is 19.8. The normalized spacial score (nSPS) is 11.1. The lowest BCUT2D eigenvalue weighted by Gasteiger charge is -2.11. The number of rotatable bonds is 7. The van der Waals surface area contributed by atoms with E-state index in [0.717, 1.165) is 0 Å². The highest BCUT2D eigenvalue weighted by molar-refractivity contribution is 6.30. The van der Waals surface area contributed by atoms with E-state index in [4.69, 9.17) is 16.3 Å². The van der Waals surface area contributed by atoms with Crippen molar-refractivity contribution in [2.24, 2.45) is 5.10 Å². The highest BCUT2D eigenvalue weighted by atomic mass is 35.5. The molecule has 1 N–H and O–H groups in total. The summed E-state index contributed by atoms with van der Waals surface area (Å²) in [7, 11) is 0. The second-order valence-electron chi connectivity index (χ2n) is 8.21. The minimum Gasteiger partial charge on any atom is -0.483 e. The van der Waals surface area contributed by atoms with E-state index in [9.17, 15) is 14.0 Å². The molecule has 0 saturated carbocycles. The second-order valence-corrected chi connectivity index (χ2v) is 8.64. The molecule has 0 aliphatic rings. The third-order valence-corrected chi connectivity index (χ3v) is 5.79. The highest BCUT2D eigenvalue weighted by Gasteiger charge is 2.13. The molecule has 9 heteroatoms. The number of fused-ring (bicyclic) bond motifs is 1. The van der Waals surface area contributed by atoms with Crippen LogP contribution in [-0.4, -0.2) is 28.4 Å². The number of anilines is 1. The van der Waals surface area contributed by atoms with E-state index < -0.39 is 11.7 Å². The SMILES string of the molecule is O=C(COc1ccc(Cl)cc1C=Nn1c(-c2ccccc2)nc2ccccc2c1=O)Nc1ccc(F)cc1. The molecule has 5 aromatic rings. The number of halogens is 2. The molecule has 0 saturated heterocycles. The maximum atomic E-state index is 13.4. The molecule has 38 heavy (non-hydrogen) atoms. The lowest BCUT2D eigenvalue weighted by Crippen LogP contribution is -2.21. The summed E-state index contributed by atoms with van der Waals surface area (Å²) in [5.74, 6) is -0.138. The van der Waals surface area contributed by atoms with Crippen molar-refractivity contribution in [3.05, 3.63) is 124 Å². The van der Waals surface area contributed by atoms with Crippen molar-refractivity contribution >= 4 is 40.3 Å². The minimum absolute atomic E-state index is 0.313. The summed E-state index contributed by atoms with van der Waals surface area (Å²) in [6.45, 7) is -0.313. The number of carbonyl (C=O) groups is 1. The van der Waals surface area contributed by atoms with Crippen molar-refractivity contribution in [3.8, 4) is 17.1 Å². The topological polar surface area (TPSA) is 85.6 Å². The number of hydrogen-bond donors (Lipinski definition) is 1. The lowest BCUT2D eigenvalue weighted by atomic mass is 10.2. The molecule has 0 unspecified atom stereocenters. The second kappa shape index (κ2) is 11.1. The number of nitrogens with zero attached hydrogens (tertiary/aromatic N) is 3. The Bertz CT molecular complexity index is 1700. The summed E-state index contributed by atoms with van der Waals surface area (Å²) < 4.78 is 20.0. The van der Waals surface area contributed by atoms with Gasteiger partial charge in [-0.1, -0.05) is 54.1 Å². The fraction of sp³-hybridized carbons (Fsp3) is 0.0345. The third kappa shape index (κ3) is 5.61. The van der Waals surface area contributed by atoms with Crippen LogP contribution in [0.5, 0.6) is 5.75 Å². The van der Waals surface area contributed by atoms with Crippen molar-refractivity contribution in [1.29, 1.82) is 0 Å². The van der Waals surface area contributed by atoms with Crippen molar-refractivity contribution in [2.75, 3.05) is 11.9 Å². The molecule has 1 aromatic heterocycles. The van der Waals surface area contributed by atoms with Crippen LogP contribution in [0.25, 0.3) is 22.3 Å². The van der Waals surface area contributed by atoms with Gasteiger partial charge in [-0.2, -0.15) is 9.78 Å². The van der Waals surface area contributed by atoms with E-state index in [-0.39, 0.29) is 12.2 Å². The quantitative estimate of drug-likeness (QED) is 0.273. The summed E-state index contributed by atoms with van der Waals surface area (Å²) in [6, 6.07) is 26.5. The van der Waals surface area contributed by atoms with Crippen LogP contribution >= 0.6 is 11.6 Å². The number of aromatic nitrogens is 2. The van der Waals surface area contributed by atoms with Crippen molar-refractivity contribution in [3.63, 3.8) is 0 Å². The maximum Gasteiger partial charge on any atom is 0.282 e. The van der Waals surface area contributed by atoms with E-state index in [2.05, 4.69) is 15.4 Å². The number of benzene rings is 4. The van der Waals surface area contributed by atoms with Gasteiger partial charge in [-0.3, -0.25) is 9.59 Å². The van der Waals surface area contributed by atoms with E-state index in [1.54, 1.807) is 36.4 Å².